The van der Waals surface area contributed by atoms with Gasteiger partial charge >= 0.3 is 0 Å². The molecule has 2 aliphatic rings. The van der Waals surface area contributed by atoms with Gasteiger partial charge in [0.2, 0.25) is 0 Å². The van der Waals surface area contributed by atoms with E-state index in [0.29, 0.717) is 0 Å². The van der Waals surface area contributed by atoms with E-state index in [4.69, 9.17) is 4.74 Å². The van der Waals surface area contributed by atoms with Crippen molar-refractivity contribution in [3.8, 4) is 0 Å². The second-order valence-electron chi connectivity index (χ2n) is 8.16. The van der Waals surface area contributed by atoms with E-state index in [1.165, 1.54) is 12.8 Å². The van der Waals surface area contributed by atoms with Crippen molar-refractivity contribution in [2.45, 2.75) is 60.0 Å². The first-order valence-electron chi connectivity index (χ1n) is 6.97. The molecule has 0 radical (unpaired) electrons. The summed E-state index contributed by atoms with van der Waals surface area (Å²) in [4.78, 5) is 0. The molecule has 1 N–H and O–H groups in total. The molecule has 1 saturated carbocycles. The molecule has 2 rings (SSSR count). The highest BCUT2D eigenvalue weighted by Gasteiger charge is 2.55. The second-order valence-corrected chi connectivity index (χ2v) is 8.16. The van der Waals surface area contributed by atoms with Crippen molar-refractivity contribution < 1.29 is 4.74 Å². The third-order valence-corrected chi connectivity index (χ3v) is 5.18. The summed E-state index contributed by atoms with van der Waals surface area (Å²) >= 11 is 0. The Bertz CT molecular complexity index is 277. The van der Waals surface area contributed by atoms with Gasteiger partial charge in [0.15, 0.2) is 0 Å². The van der Waals surface area contributed by atoms with Crippen molar-refractivity contribution in [1.29, 1.82) is 0 Å². The standard InChI is InChI=1S/C15H29NO/c1-12(2,3)15(13(4,5)6)10-16-9-14(7-8-14)17-11-15/h16H,7-11H2,1-6H3. The lowest BCUT2D eigenvalue weighted by molar-refractivity contribution is -0.103. The molecule has 1 heterocycles. The van der Waals surface area contributed by atoms with Crippen LogP contribution in [0.15, 0.2) is 0 Å². The zero-order chi connectivity index (χ0) is 12.9. The van der Waals surface area contributed by atoms with E-state index in [-0.39, 0.29) is 21.8 Å². The lowest BCUT2D eigenvalue weighted by atomic mass is 9.54. The highest BCUT2D eigenvalue weighted by atomic mass is 16.5. The highest BCUT2D eigenvalue weighted by Crippen LogP contribution is 2.54. The Kier molecular flexibility index (Phi) is 2.91. The van der Waals surface area contributed by atoms with Crippen LogP contribution in [0.3, 0.4) is 0 Å². The molecule has 100 valence electrons. The number of hydrogen-bond acceptors (Lipinski definition) is 2. The molecule has 1 aliphatic heterocycles. The molecule has 0 aromatic heterocycles. The molecule has 1 spiro atoms. The minimum absolute atomic E-state index is 0.193. The Morgan fingerprint density at radius 3 is 1.82 bits per heavy atom. The lowest BCUT2D eigenvalue weighted by Gasteiger charge is -2.53. The topological polar surface area (TPSA) is 21.3 Å². The Hall–Kier alpha value is -0.0800. The van der Waals surface area contributed by atoms with Crippen LogP contribution in [-0.2, 0) is 4.74 Å². The molecule has 2 fully saturated rings. The fourth-order valence-electron chi connectivity index (χ4n) is 3.43. The third-order valence-electron chi connectivity index (χ3n) is 5.18. The van der Waals surface area contributed by atoms with Crippen LogP contribution in [0.5, 0.6) is 0 Å². The van der Waals surface area contributed by atoms with Gasteiger partial charge in [0.05, 0.1) is 12.2 Å². The first-order valence-corrected chi connectivity index (χ1v) is 6.97. The van der Waals surface area contributed by atoms with Gasteiger partial charge in [-0.25, -0.2) is 0 Å². The van der Waals surface area contributed by atoms with E-state index in [1.807, 2.05) is 0 Å². The summed E-state index contributed by atoms with van der Waals surface area (Å²) in [5.41, 5.74) is 0.891. The first-order chi connectivity index (χ1) is 7.62. The van der Waals surface area contributed by atoms with Crippen molar-refractivity contribution in [1.82, 2.24) is 5.32 Å². The molecular weight excluding hydrogens is 210 g/mol. The Morgan fingerprint density at radius 2 is 1.41 bits per heavy atom. The minimum Gasteiger partial charge on any atom is -0.373 e. The highest BCUT2D eigenvalue weighted by molar-refractivity contribution is 5.06. The molecule has 0 bridgehead atoms. The average molecular weight is 239 g/mol. The molecule has 0 unspecified atom stereocenters. The fourth-order valence-corrected chi connectivity index (χ4v) is 3.43. The van der Waals surface area contributed by atoms with E-state index in [9.17, 15) is 0 Å². The van der Waals surface area contributed by atoms with E-state index >= 15 is 0 Å². The summed E-state index contributed by atoms with van der Waals surface area (Å²) < 4.78 is 6.31. The largest absolute Gasteiger partial charge is 0.373 e. The summed E-state index contributed by atoms with van der Waals surface area (Å²) in [6.07, 6.45) is 2.48. The van der Waals surface area contributed by atoms with Gasteiger partial charge in [0.25, 0.3) is 0 Å². The summed E-state index contributed by atoms with van der Waals surface area (Å²) in [6, 6.07) is 0. The number of hydrogen-bond donors (Lipinski definition) is 1. The molecule has 0 aromatic rings. The second kappa shape index (κ2) is 3.71. The normalized spacial score (nSPS) is 27.9. The van der Waals surface area contributed by atoms with Crippen LogP contribution < -0.4 is 5.32 Å². The monoisotopic (exact) mass is 239 g/mol. The van der Waals surface area contributed by atoms with Gasteiger partial charge < -0.3 is 10.1 Å². The summed E-state index contributed by atoms with van der Waals surface area (Å²) in [5, 5.41) is 3.68. The van der Waals surface area contributed by atoms with Gasteiger partial charge in [0.1, 0.15) is 0 Å². The van der Waals surface area contributed by atoms with Crippen molar-refractivity contribution in [2.24, 2.45) is 16.2 Å². The van der Waals surface area contributed by atoms with E-state index in [1.54, 1.807) is 0 Å². The molecule has 0 atom stereocenters. The number of rotatable bonds is 0. The van der Waals surface area contributed by atoms with Crippen molar-refractivity contribution in [3.05, 3.63) is 0 Å². The van der Waals surface area contributed by atoms with Crippen LogP contribution in [0, 0.1) is 16.2 Å². The van der Waals surface area contributed by atoms with Gasteiger partial charge in [0, 0.05) is 18.5 Å². The maximum atomic E-state index is 6.31. The molecule has 2 heteroatoms. The average Bonchev–Trinajstić information content (AvgIpc) is 2.90. The van der Waals surface area contributed by atoms with Gasteiger partial charge in [-0.1, -0.05) is 41.5 Å². The fraction of sp³-hybridized carbons (Fsp3) is 1.00. The van der Waals surface area contributed by atoms with Crippen LogP contribution in [0.4, 0.5) is 0 Å². The van der Waals surface area contributed by atoms with Crippen molar-refractivity contribution >= 4 is 0 Å². The van der Waals surface area contributed by atoms with Crippen molar-refractivity contribution in [2.75, 3.05) is 19.7 Å². The molecule has 2 nitrogen and oxygen atoms in total. The zero-order valence-electron chi connectivity index (χ0n) is 12.4. The number of ether oxygens (including phenoxy) is 1. The van der Waals surface area contributed by atoms with Crippen molar-refractivity contribution in [3.63, 3.8) is 0 Å². The van der Waals surface area contributed by atoms with Crippen LogP contribution in [0.25, 0.3) is 0 Å². The molecule has 17 heavy (non-hydrogen) atoms. The maximum Gasteiger partial charge on any atom is 0.0808 e. The Labute approximate surface area is 107 Å². The smallest absolute Gasteiger partial charge is 0.0808 e. The van der Waals surface area contributed by atoms with Gasteiger partial charge in [-0.05, 0) is 23.7 Å². The van der Waals surface area contributed by atoms with E-state index in [0.717, 1.165) is 19.7 Å². The third kappa shape index (κ3) is 2.15. The van der Waals surface area contributed by atoms with Crippen LogP contribution >= 0.6 is 0 Å². The summed E-state index contributed by atoms with van der Waals surface area (Å²) in [7, 11) is 0. The van der Waals surface area contributed by atoms with Crippen LogP contribution in [0.1, 0.15) is 54.4 Å². The van der Waals surface area contributed by atoms with Gasteiger partial charge in [-0.2, -0.15) is 0 Å². The predicted octanol–water partition coefficient (Wildman–Crippen LogP) is 3.22. The first kappa shape index (κ1) is 13.4. The van der Waals surface area contributed by atoms with E-state index < -0.39 is 0 Å². The molecule has 0 amide bonds. The molecule has 1 saturated heterocycles. The van der Waals surface area contributed by atoms with Gasteiger partial charge in [-0.3, -0.25) is 0 Å². The number of nitrogens with one attached hydrogen (secondary N) is 1. The Balaban J connectivity index is 2.28. The lowest BCUT2D eigenvalue weighted by Crippen LogP contribution is -2.54. The zero-order valence-corrected chi connectivity index (χ0v) is 12.4. The van der Waals surface area contributed by atoms with E-state index in [2.05, 4.69) is 46.9 Å². The van der Waals surface area contributed by atoms with Gasteiger partial charge in [-0.15, -0.1) is 0 Å². The predicted molar refractivity (Wildman–Crippen MR) is 72.1 cm³/mol. The molecular formula is C15H29NO. The Morgan fingerprint density at radius 1 is 0.882 bits per heavy atom. The summed E-state index contributed by atoms with van der Waals surface area (Å²) in [6.45, 7) is 17.1. The minimum atomic E-state index is 0.193. The molecule has 0 aromatic carbocycles. The van der Waals surface area contributed by atoms with Crippen LogP contribution in [-0.4, -0.2) is 25.3 Å². The SMILES string of the molecule is CC(C)(C)C1(C(C)(C)C)CNCC2(CC2)OC1. The quantitative estimate of drug-likeness (QED) is 0.701. The molecule has 1 aliphatic carbocycles. The summed E-state index contributed by atoms with van der Waals surface area (Å²) in [5.74, 6) is 0. The van der Waals surface area contributed by atoms with Crippen LogP contribution in [0.2, 0.25) is 0 Å². The maximum absolute atomic E-state index is 6.31.